The summed E-state index contributed by atoms with van der Waals surface area (Å²) in [6.07, 6.45) is 5.63. The summed E-state index contributed by atoms with van der Waals surface area (Å²) in [5, 5.41) is 3.55. The van der Waals surface area contributed by atoms with Crippen LogP contribution in [0.4, 0.5) is 0 Å². The van der Waals surface area contributed by atoms with Crippen LogP contribution in [-0.2, 0) is 4.74 Å². The molecule has 0 aromatic carbocycles. The van der Waals surface area contributed by atoms with Crippen LogP contribution in [0.1, 0.15) is 46.5 Å². The fourth-order valence-electron chi connectivity index (χ4n) is 2.21. The number of unbranched alkanes of at least 4 members (excludes halogenated alkanes) is 1. The molecule has 0 aromatic heterocycles. The van der Waals surface area contributed by atoms with Crippen LogP contribution >= 0.6 is 0 Å². The van der Waals surface area contributed by atoms with Crippen LogP contribution in [0.2, 0.25) is 0 Å². The van der Waals surface area contributed by atoms with Crippen LogP contribution in [0.3, 0.4) is 0 Å². The lowest BCUT2D eigenvalue weighted by Crippen LogP contribution is -2.30. The van der Waals surface area contributed by atoms with E-state index in [2.05, 4.69) is 26.1 Å². The smallest absolute Gasteiger partial charge is 0.0616 e. The number of ether oxygens (including phenoxy) is 1. The highest BCUT2D eigenvalue weighted by molar-refractivity contribution is 4.78. The zero-order chi connectivity index (χ0) is 11.1. The predicted octanol–water partition coefficient (Wildman–Crippen LogP) is 2.83. The molecule has 1 aliphatic heterocycles. The Hall–Kier alpha value is -0.0800. The quantitative estimate of drug-likeness (QED) is 0.702. The van der Waals surface area contributed by atoms with E-state index in [0.717, 1.165) is 31.5 Å². The molecule has 0 radical (unpaired) electrons. The van der Waals surface area contributed by atoms with Gasteiger partial charge in [0.05, 0.1) is 6.10 Å². The van der Waals surface area contributed by atoms with Crippen molar-refractivity contribution in [2.75, 3.05) is 19.7 Å². The molecule has 0 bridgehead atoms. The van der Waals surface area contributed by atoms with Gasteiger partial charge in [0.15, 0.2) is 0 Å². The number of rotatable bonds is 7. The molecule has 1 fully saturated rings. The Morgan fingerprint density at radius 3 is 2.87 bits per heavy atom. The second kappa shape index (κ2) is 7.24. The maximum Gasteiger partial charge on any atom is 0.0616 e. The van der Waals surface area contributed by atoms with Crippen molar-refractivity contribution >= 4 is 0 Å². The lowest BCUT2D eigenvalue weighted by atomic mass is 9.97. The SMILES string of the molecule is CCCCC1OCCC1CNCC(C)C. The summed E-state index contributed by atoms with van der Waals surface area (Å²) in [5.74, 6) is 1.51. The van der Waals surface area contributed by atoms with E-state index in [9.17, 15) is 0 Å². The maximum absolute atomic E-state index is 5.79. The number of nitrogens with one attached hydrogen (secondary N) is 1. The summed E-state index contributed by atoms with van der Waals surface area (Å²) in [7, 11) is 0. The van der Waals surface area contributed by atoms with Gasteiger partial charge >= 0.3 is 0 Å². The topological polar surface area (TPSA) is 21.3 Å². The Bertz CT molecular complexity index is 159. The first kappa shape index (κ1) is 13.0. The third kappa shape index (κ3) is 4.98. The van der Waals surface area contributed by atoms with Gasteiger partial charge in [-0.05, 0) is 31.2 Å². The fourth-order valence-corrected chi connectivity index (χ4v) is 2.21. The molecule has 0 spiro atoms. The summed E-state index contributed by atoms with van der Waals surface area (Å²) < 4.78 is 5.79. The van der Waals surface area contributed by atoms with Gasteiger partial charge in [-0.1, -0.05) is 33.6 Å². The molecule has 0 saturated carbocycles. The summed E-state index contributed by atoms with van der Waals surface area (Å²) >= 11 is 0. The fraction of sp³-hybridized carbons (Fsp3) is 1.00. The van der Waals surface area contributed by atoms with E-state index in [-0.39, 0.29) is 0 Å². The monoisotopic (exact) mass is 213 g/mol. The van der Waals surface area contributed by atoms with Crippen LogP contribution in [-0.4, -0.2) is 25.8 Å². The summed E-state index contributed by atoms with van der Waals surface area (Å²) in [6.45, 7) is 10.0. The Morgan fingerprint density at radius 2 is 2.20 bits per heavy atom. The highest BCUT2D eigenvalue weighted by Gasteiger charge is 2.26. The van der Waals surface area contributed by atoms with Crippen molar-refractivity contribution in [1.29, 1.82) is 0 Å². The van der Waals surface area contributed by atoms with E-state index >= 15 is 0 Å². The van der Waals surface area contributed by atoms with Gasteiger partial charge in [0.2, 0.25) is 0 Å². The van der Waals surface area contributed by atoms with Gasteiger partial charge in [0.1, 0.15) is 0 Å². The molecule has 1 heterocycles. The lowest BCUT2D eigenvalue weighted by molar-refractivity contribution is 0.0812. The molecule has 1 saturated heterocycles. The molecule has 1 aliphatic rings. The Morgan fingerprint density at radius 1 is 1.40 bits per heavy atom. The molecule has 15 heavy (non-hydrogen) atoms. The lowest BCUT2D eigenvalue weighted by Gasteiger charge is -2.19. The van der Waals surface area contributed by atoms with E-state index in [4.69, 9.17) is 4.74 Å². The van der Waals surface area contributed by atoms with Gasteiger partial charge in [-0.2, -0.15) is 0 Å². The molecule has 2 nitrogen and oxygen atoms in total. The van der Waals surface area contributed by atoms with Gasteiger partial charge in [-0.25, -0.2) is 0 Å². The Balaban J connectivity index is 2.15. The number of hydrogen-bond acceptors (Lipinski definition) is 2. The van der Waals surface area contributed by atoms with Crippen LogP contribution in [0.5, 0.6) is 0 Å². The third-order valence-electron chi connectivity index (χ3n) is 3.15. The van der Waals surface area contributed by atoms with Crippen molar-refractivity contribution in [3.05, 3.63) is 0 Å². The van der Waals surface area contributed by atoms with E-state index in [1.165, 1.54) is 25.7 Å². The van der Waals surface area contributed by atoms with Gasteiger partial charge in [0.25, 0.3) is 0 Å². The molecule has 0 aliphatic carbocycles. The van der Waals surface area contributed by atoms with Gasteiger partial charge in [-0.15, -0.1) is 0 Å². The van der Waals surface area contributed by atoms with Crippen molar-refractivity contribution in [3.8, 4) is 0 Å². The first-order chi connectivity index (χ1) is 7.24. The zero-order valence-electron chi connectivity index (χ0n) is 10.6. The average Bonchev–Trinajstić information content (AvgIpc) is 2.62. The molecule has 0 aromatic rings. The molecule has 2 atom stereocenters. The first-order valence-electron chi connectivity index (χ1n) is 6.56. The van der Waals surface area contributed by atoms with Crippen LogP contribution in [0.15, 0.2) is 0 Å². The summed E-state index contributed by atoms with van der Waals surface area (Å²) in [6, 6.07) is 0. The van der Waals surface area contributed by atoms with Gasteiger partial charge in [-0.3, -0.25) is 0 Å². The molecule has 90 valence electrons. The average molecular weight is 213 g/mol. The van der Waals surface area contributed by atoms with Gasteiger partial charge in [0, 0.05) is 13.2 Å². The summed E-state index contributed by atoms with van der Waals surface area (Å²) in [4.78, 5) is 0. The van der Waals surface area contributed by atoms with E-state index in [1.807, 2.05) is 0 Å². The molecule has 1 rings (SSSR count). The van der Waals surface area contributed by atoms with Gasteiger partial charge < -0.3 is 10.1 Å². The van der Waals surface area contributed by atoms with Crippen molar-refractivity contribution in [2.45, 2.75) is 52.6 Å². The normalized spacial score (nSPS) is 26.4. The van der Waals surface area contributed by atoms with Crippen LogP contribution in [0.25, 0.3) is 0 Å². The van der Waals surface area contributed by atoms with Crippen molar-refractivity contribution in [3.63, 3.8) is 0 Å². The zero-order valence-corrected chi connectivity index (χ0v) is 10.6. The highest BCUT2D eigenvalue weighted by Crippen LogP contribution is 2.24. The Labute approximate surface area is 94.8 Å². The highest BCUT2D eigenvalue weighted by atomic mass is 16.5. The molecule has 0 amide bonds. The molecular weight excluding hydrogens is 186 g/mol. The van der Waals surface area contributed by atoms with E-state index in [1.54, 1.807) is 0 Å². The Kier molecular flexibility index (Phi) is 6.26. The third-order valence-corrected chi connectivity index (χ3v) is 3.15. The van der Waals surface area contributed by atoms with Crippen molar-refractivity contribution in [2.24, 2.45) is 11.8 Å². The largest absolute Gasteiger partial charge is 0.378 e. The minimum absolute atomic E-state index is 0.532. The molecule has 2 heteroatoms. The maximum atomic E-state index is 5.79. The molecule has 1 N–H and O–H groups in total. The number of hydrogen-bond donors (Lipinski definition) is 1. The summed E-state index contributed by atoms with van der Waals surface area (Å²) in [5.41, 5.74) is 0. The van der Waals surface area contributed by atoms with Crippen LogP contribution < -0.4 is 5.32 Å². The second-order valence-electron chi connectivity index (χ2n) is 5.15. The molecule has 2 unspecified atom stereocenters. The van der Waals surface area contributed by atoms with Crippen molar-refractivity contribution < 1.29 is 4.74 Å². The molecular formula is C13H27NO. The second-order valence-corrected chi connectivity index (χ2v) is 5.15. The predicted molar refractivity (Wildman–Crippen MR) is 65.1 cm³/mol. The minimum atomic E-state index is 0.532. The van der Waals surface area contributed by atoms with Crippen LogP contribution in [0, 0.1) is 11.8 Å². The van der Waals surface area contributed by atoms with E-state index in [0.29, 0.717) is 6.10 Å². The first-order valence-corrected chi connectivity index (χ1v) is 6.56. The standard InChI is InChI=1S/C13H27NO/c1-4-5-6-13-12(7-8-15-13)10-14-9-11(2)3/h11-14H,4-10H2,1-3H3. The minimum Gasteiger partial charge on any atom is -0.378 e. The van der Waals surface area contributed by atoms with E-state index < -0.39 is 0 Å². The van der Waals surface area contributed by atoms with Crippen molar-refractivity contribution in [1.82, 2.24) is 5.32 Å².